The van der Waals surface area contributed by atoms with Crippen LogP contribution in [0.2, 0.25) is 0 Å². The van der Waals surface area contributed by atoms with Crippen molar-refractivity contribution in [1.82, 2.24) is 10.1 Å². The van der Waals surface area contributed by atoms with Crippen LogP contribution in [0.15, 0.2) is 35.4 Å². The molecular weight excluding hydrogens is 210 g/mol. The molecule has 0 aliphatic carbocycles. The Labute approximate surface area is 90.4 Å². The average molecular weight is 217 g/mol. The highest BCUT2D eigenvalue weighted by molar-refractivity contribution is 5.57. The minimum atomic E-state index is -0.463. The van der Waals surface area contributed by atoms with E-state index < -0.39 is 4.92 Å². The summed E-state index contributed by atoms with van der Waals surface area (Å²) in [5, 5.41) is 14.1. The number of nitro benzene ring substituents is 1. The SMILES string of the molecule is C=Cc1nc(-c2ccc([N+](=O)[O-])cc2)no1. The number of non-ortho nitro benzene ring substituents is 1. The molecule has 0 amide bonds. The van der Waals surface area contributed by atoms with E-state index in [-0.39, 0.29) is 5.69 Å². The molecule has 16 heavy (non-hydrogen) atoms. The molecule has 6 heteroatoms. The molecule has 80 valence electrons. The molecule has 0 saturated carbocycles. The number of hydrogen-bond donors (Lipinski definition) is 0. The molecular formula is C10H7N3O3. The van der Waals surface area contributed by atoms with E-state index in [9.17, 15) is 10.1 Å². The van der Waals surface area contributed by atoms with E-state index in [2.05, 4.69) is 16.7 Å². The van der Waals surface area contributed by atoms with Gasteiger partial charge in [0.05, 0.1) is 4.92 Å². The van der Waals surface area contributed by atoms with Crippen LogP contribution in [0.3, 0.4) is 0 Å². The molecule has 1 aromatic carbocycles. The van der Waals surface area contributed by atoms with Crippen LogP contribution in [-0.2, 0) is 0 Å². The minimum Gasteiger partial charge on any atom is -0.334 e. The summed E-state index contributed by atoms with van der Waals surface area (Å²) in [6.45, 7) is 3.49. The van der Waals surface area contributed by atoms with Crippen LogP contribution in [0.4, 0.5) is 5.69 Å². The lowest BCUT2D eigenvalue weighted by atomic mass is 10.2. The van der Waals surface area contributed by atoms with Gasteiger partial charge in [0, 0.05) is 17.7 Å². The van der Waals surface area contributed by atoms with E-state index >= 15 is 0 Å². The molecule has 1 heterocycles. The van der Waals surface area contributed by atoms with Crippen LogP contribution in [0, 0.1) is 10.1 Å². The predicted molar refractivity (Wildman–Crippen MR) is 56.5 cm³/mol. The van der Waals surface area contributed by atoms with Crippen molar-refractivity contribution in [3.05, 3.63) is 46.8 Å². The van der Waals surface area contributed by atoms with E-state index in [1.54, 1.807) is 12.1 Å². The van der Waals surface area contributed by atoms with Gasteiger partial charge in [-0.05, 0) is 18.2 Å². The topological polar surface area (TPSA) is 82.1 Å². The van der Waals surface area contributed by atoms with E-state index in [1.807, 2.05) is 0 Å². The molecule has 0 fully saturated rings. The van der Waals surface area contributed by atoms with Crippen molar-refractivity contribution < 1.29 is 9.45 Å². The van der Waals surface area contributed by atoms with E-state index in [1.165, 1.54) is 18.2 Å². The lowest BCUT2D eigenvalue weighted by Crippen LogP contribution is -1.87. The molecule has 1 aromatic heterocycles. The summed E-state index contributed by atoms with van der Waals surface area (Å²) in [4.78, 5) is 14.0. The fraction of sp³-hybridized carbons (Fsp3) is 0. The third-order valence-corrected chi connectivity index (χ3v) is 1.95. The molecule has 0 aliphatic rings. The predicted octanol–water partition coefficient (Wildman–Crippen LogP) is 2.29. The van der Waals surface area contributed by atoms with Gasteiger partial charge in [0.25, 0.3) is 5.69 Å². The highest BCUT2D eigenvalue weighted by Crippen LogP contribution is 2.19. The third-order valence-electron chi connectivity index (χ3n) is 1.95. The van der Waals surface area contributed by atoms with Crippen molar-refractivity contribution in [3.63, 3.8) is 0 Å². The maximum absolute atomic E-state index is 10.4. The van der Waals surface area contributed by atoms with E-state index in [0.29, 0.717) is 17.3 Å². The Hall–Kier alpha value is -2.50. The van der Waals surface area contributed by atoms with Crippen molar-refractivity contribution in [2.45, 2.75) is 0 Å². The molecule has 2 aromatic rings. The lowest BCUT2D eigenvalue weighted by molar-refractivity contribution is -0.384. The van der Waals surface area contributed by atoms with Crippen molar-refractivity contribution in [1.29, 1.82) is 0 Å². The monoisotopic (exact) mass is 217 g/mol. The maximum Gasteiger partial charge on any atom is 0.269 e. The molecule has 0 aliphatic heterocycles. The van der Waals surface area contributed by atoms with Gasteiger partial charge in [-0.25, -0.2) is 0 Å². The van der Waals surface area contributed by atoms with Crippen LogP contribution >= 0.6 is 0 Å². The zero-order valence-corrected chi connectivity index (χ0v) is 8.16. The smallest absolute Gasteiger partial charge is 0.269 e. The fourth-order valence-electron chi connectivity index (χ4n) is 1.17. The van der Waals surface area contributed by atoms with Crippen LogP contribution < -0.4 is 0 Å². The Bertz CT molecular complexity index is 530. The normalized spacial score (nSPS) is 10.0. The number of nitrogens with zero attached hydrogens (tertiary/aromatic N) is 3. The summed E-state index contributed by atoms with van der Waals surface area (Å²) >= 11 is 0. The van der Waals surface area contributed by atoms with Gasteiger partial charge in [-0.2, -0.15) is 4.98 Å². The van der Waals surface area contributed by atoms with E-state index in [4.69, 9.17) is 4.52 Å². The average Bonchev–Trinajstić information content (AvgIpc) is 2.77. The lowest BCUT2D eigenvalue weighted by Gasteiger charge is -1.93. The van der Waals surface area contributed by atoms with Gasteiger partial charge in [0.1, 0.15) is 0 Å². The Balaban J connectivity index is 2.34. The number of nitro groups is 1. The summed E-state index contributed by atoms with van der Waals surface area (Å²) in [7, 11) is 0. The first-order valence-electron chi connectivity index (χ1n) is 4.41. The maximum atomic E-state index is 10.4. The molecule has 0 radical (unpaired) electrons. The summed E-state index contributed by atoms with van der Waals surface area (Å²) in [6, 6.07) is 5.91. The second-order valence-electron chi connectivity index (χ2n) is 2.96. The van der Waals surface area contributed by atoms with Gasteiger partial charge in [-0.15, -0.1) is 0 Å². The Morgan fingerprint density at radius 2 is 2.06 bits per heavy atom. The zero-order valence-electron chi connectivity index (χ0n) is 8.16. The molecule has 0 atom stereocenters. The quantitative estimate of drug-likeness (QED) is 0.581. The third kappa shape index (κ3) is 1.81. The molecule has 6 nitrogen and oxygen atoms in total. The fourth-order valence-corrected chi connectivity index (χ4v) is 1.17. The number of rotatable bonds is 3. The van der Waals surface area contributed by atoms with Gasteiger partial charge < -0.3 is 4.52 Å². The summed E-state index contributed by atoms with van der Waals surface area (Å²) in [5.74, 6) is 0.693. The Morgan fingerprint density at radius 1 is 1.38 bits per heavy atom. The molecule has 0 bridgehead atoms. The Morgan fingerprint density at radius 3 is 2.56 bits per heavy atom. The molecule has 0 saturated heterocycles. The Kier molecular flexibility index (Phi) is 2.47. The first kappa shape index (κ1) is 10.0. The summed E-state index contributed by atoms with van der Waals surface area (Å²) in [6.07, 6.45) is 1.43. The van der Waals surface area contributed by atoms with Crippen molar-refractivity contribution in [2.75, 3.05) is 0 Å². The van der Waals surface area contributed by atoms with Crippen molar-refractivity contribution in [3.8, 4) is 11.4 Å². The molecule has 2 rings (SSSR count). The van der Waals surface area contributed by atoms with Gasteiger partial charge >= 0.3 is 0 Å². The van der Waals surface area contributed by atoms with Gasteiger partial charge in [0.2, 0.25) is 11.7 Å². The highest BCUT2D eigenvalue weighted by Gasteiger charge is 2.09. The van der Waals surface area contributed by atoms with Crippen molar-refractivity contribution >= 4 is 11.8 Å². The van der Waals surface area contributed by atoms with Crippen LogP contribution in [0.1, 0.15) is 5.89 Å². The number of aromatic nitrogens is 2. The van der Waals surface area contributed by atoms with Gasteiger partial charge in [-0.1, -0.05) is 11.7 Å². The summed E-state index contributed by atoms with van der Waals surface area (Å²) < 4.78 is 4.83. The molecule has 0 N–H and O–H groups in total. The van der Waals surface area contributed by atoms with E-state index in [0.717, 1.165) is 0 Å². The highest BCUT2D eigenvalue weighted by atomic mass is 16.6. The van der Waals surface area contributed by atoms with Crippen LogP contribution in [0.5, 0.6) is 0 Å². The standard InChI is InChI=1S/C10H7N3O3/c1-2-9-11-10(12-16-9)7-3-5-8(6-4-7)13(14)15/h2-6H,1H2. The molecule has 0 spiro atoms. The van der Waals surface area contributed by atoms with Gasteiger partial charge in [0.15, 0.2) is 0 Å². The van der Waals surface area contributed by atoms with Crippen molar-refractivity contribution in [2.24, 2.45) is 0 Å². The number of benzene rings is 1. The first-order valence-corrected chi connectivity index (χ1v) is 4.41. The van der Waals surface area contributed by atoms with Crippen LogP contribution in [-0.4, -0.2) is 15.1 Å². The minimum absolute atomic E-state index is 0.0242. The second-order valence-corrected chi connectivity index (χ2v) is 2.96. The molecule has 0 unspecified atom stereocenters. The summed E-state index contributed by atoms with van der Waals surface area (Å²) in [5.41, 5.74) is 0.679. The zero-order chi connectivity index (χ0) is 11.5. The van der Waals surface area contributed by atoms with Crippen LogP contribution in [0.25, 0.3) is 17.5 Å². The number of hydrogen-bond acceptors (Lipinski definition) is 5. The first-order chi connectivity index (χ1) is 7.70. The second kappa shape index (κ2) is 3.93. The van der Waals surface area contributed by atoms with Gasteiger partial charge in [-0.3, -0.25) is 10.1 Å². The largest absolute Gasteiger partial charge is 0.334 e.